The van der Waals surface area contributed by atoms with Crippen LogP contribution in [0.1, 0.15) is 57.6 Å². The van der Waals surface area contributed by atoms with E-state index in [1.807, 2.05) is 30.3 Å². The number of rotatable bonds is 5. The van der Waals surface area contributed by atoms with Gasteiger partial charge in [-0.25, -0.2) is 0 Å². The van der Waals surface area contributed by atoms with Gasteiger partial charge in [0.05, 0.1) is 0 Å². The summed E-state index contributed by atoms with van der Waals surface area (Å²) in [6.45, 7) is 4.20. The minimum absolute atomic E-state index is 0. The maximum absolute atomic E-state index is 12.6. The summed E-state index contributed by atoms with van der Waals surface area (Å²) in [7, 11) is 0. The lowest BCUT2D eigenvalue weighted by Gasteiger charge is -2.33. The number of carbonyl (C=O) groups is 1. The SMILES string of the molecule is CC(C)N(C(=O)CC(N)c1ccccc1)C1CCCC1.Cl. The quantitative estimate of drug-likeness (QED) is 0.901. The fraction of sp³-hybridized carbons (Fsp3) is 0.588. The summed E-state index contributed by atoms with van der Waals surface area (Å²) in [6.07, 6.45) is 5.17. The lowest BCUT2D eigenvalue weighted by molar-refractivity contribution is -0.135. The van der Waals surface area contributed by atoms with Gasteiger partial charge in [0.15, 0.2) is 0 Å². The molecule has 118 valence electrons. The first kappa shape index (κ1) is 18.0. The number of halogens is 1. The highest BCUT2D eigenvalue weighted by Gasteiger charge is 2.29. The van der Waals surface area contributed by atoms with Gasteiger partial charge in [-0.15, -0.1) is 12.4 Å². The van der Waals surface area contributed by atoms with Crippen molar-refractivity contribution in [1.82, 2.24) is 4.90 Å². The van der Waals surface area contributed by atoms with Crippen LogP contribution in [-0.2, 0) is 4.79 Å². The molecule has 0 saturated heterocycles. The fourth-order valence-corrected chi connectivity index (χ4v) is 3.21. The Hall–Kier alpha value is -1.06. The average Bonchev–Trinajstić information content (AvgIpc) is 2.93. The van der Waals surface area contributed by atoms with Gasteiger partial charge >= 0.3 is 0 Å². The van der Waals surface area contributed by atoms with E-state index in [9.17, 15) is 4.79 Å². The van der Waals surface area contributed by atoms with E-state index in [4.69, 9.17) is 5.73 Å². The Labute approximate surface area is 134 Å². The normalized spacial score (nSPS) is 16.6. The van der Waals surface area contributed by atoms with Gasteiger partial charge in [-0.05, 0) is 32.3 Å². The first-order chi connectivity index (χ1) is 9.59. The van der Waals surface area contributed by atoms with Crippen LogP contribution in [0.15, 0.2) is 30.3 Å². The molecule has 1 atom stereocenters. The van der Waals surface area contributed by atoms with Gasteiger partial charge in [-0.2, -0.15) is 0 Å². The van der Waals surface area contributed by atoms with E-state index in [1.165, 1.54) is 12.8 Å². The van der Waals surface area contributed by atoms with Gasteiger partial charge in [0.25, 0.3) is 0 Å². The van der Waals surface area contributed by atoms with Crippen LogP contribution in [0.2, 0.25) is 0 Å². The molecule has 0 radical (unpaired) electrons. The molecule has 1 aromatic rings. The summed E-state index contributed by atoms with van der Waals surface area (Å²) in [5, 5.41) is 0. The predicted octanol–water partition coefficient (Wildman–Crippen LogP) is 3.68. The summed E-state index contributed by atoms with van der Waals surface area (Å²) < 4.78 is 0. The van der Waals surface area contributed by atoms with Crippen molar-refractivity contribution in [3.05, 3.63) is 35.9 Å². The molecule has 0 heterocycles. The molecule has 1 fully saturated rings. The van der Waals surface area contributed by atoms with Crippen LogP contribution < -0.4 is 5.73 Å². The zero-order chi connectivity index (χ0) is 14.5. The van der Waals surface area contributed by atoms with Crippen LogP contribution in [0.25, 0.3) is 0 Å². The third-order valence-electron chi connectivity index (χ3n) is 4.18. The van der Waals surface area contributed by atoms with Crippen LogP contribution >= 0.6 is 12.4 Å². The van der Waals surface area contributed by atoms with Crippen molar-refractivity contribution < 1.29 is 4.79 Å². The van der Waals surface area contributed by atoms with Crippen LogP contribution in [0.5, 0.6) is 0 Å². The molecule has 1 aliphatic carbocycles. The summed E-state index contributed by atoms with van der Waals surface area (Å²) in [5.74, 6) is 0.197. The Kier molecular flexibility index (Phi) is 7.20. The van der Waals surface area contributed by atoms with E-state index >= 15 is 0 Å². The summed E-state index contributed by atoms with van der Waals surface area (Å²) in [6, 6.07) is 10.4. The molecule has 1 amide bonds. The second-order valence-electron chi connectivity index (χ2n) is 6.05. The number of nitrogens with two attached hydrogens (primary N) is 1. The molecule has 2 N–H and O–H groups in total. The lowest BCUT2D eigenvalue weighted by atomic mass is 10.0. The standard InChI is InChI=1S/C17H26N2O.ClH/c1-13(2)19(15-10-6-7-11-15)17(20)12-16(18)14-8-4-3-5-9-14;/h3-5,8-9,13,15-16H,6-7,10-12,18H2,1-2H3;1H. The number of benzene rings is 1. The summed E-state index contributed by atoms with van der Waals surface area (Å²) in [4.78, 5) is 14.7. The van der Waals surface area contributed by atoms with Gasteiger partial charge in [0.1, 0.15) is 0 Å². The molecule has 4 heteroatoms. The summed E-state index contributed by atoms with van der Waals surface area (Å²) in [5.41, 5.74) is 7.22. The Balaban J connectivity index is 0.00000220. The molecule has 1 saturated carbocycles. The minimum Gasteiger partial charge on any atom is -0.337 e. The first-order valence-corrected chi connectivity index (χ1v) is 7.71. The van der Waals surface area contributed by atoms with Gasteiger partial charge in [-0.1, -0.05) is 43.2 Å². The lowest BCUT2D eigenvalue weighted by Crippen LogP contribution is -2.44. The number of amides is 1. The predicted molar refractivity (Wildman–Crippen MR) is 89.5 cm³/mol. The Morgan fingerprint density at radius 1 is 1.24 bits per heavy atom. The summed E-state index contributed by atoms with van der Waals surface area (Å²) >= 11 is 0. The van der Waals surface area contributed by atoms with Gasteiger partial charge in [-0.3, -0.25) is 4.79 Å². The van der Waals surface area contributed by atoms with Crippen molar-refractivity contribution in [3.8, 4) is 0 Å². The maximum atomic E-state index is 12.6. The molecule has 0 bridgehead atoms. The maximum Gasteiger partial charge on any atom is 0.224 e. The molecule has 0 aromatic heterocycles. The number of carbonyl (C=O) groups excluding carboxylic acids is 1. The third kappa shape index (κ3) is 4.72. The molecule has 1 unspecified atom stereocenters. The molecule has 21 heavy (non-hydrogen) atoms. The van der Waals surface area contributed by atoms with Crippen molar-refractivity contribution in [2.24, 2.45) is 5.73 Å². The number of hydrogen-bond donors (Lipinski definition) is 1. The van der Waals surface area contributed by atoms with Crippen molar-refractivity contribution in [2.75, 3.05) is 0 Å². The monoisotopic (exact) mass is 310 g/mol. The Morgan fingerprint density at radius 2 is 1.81 bits per heavy atom. The molecule has 3 nitrogen and oxygen atoms in total. The van der Waals surface area contributed by atoms with E-state index < -0.39 is 0 Å². The van der Waals surface area contributed by atoms with E-state index in [1.54, 1.807) is 0 Å². The second kappa shape index (κ2) is 8.40. The zero-order valence-electron chi connectivity index (χ0n) is 13.0. The highest BCUT2D eigenvalue weighted by Crippen LogP contribution is 2.27. The van der Waals surface area contributed by atoms with Gasteiger partial charge < -0.3 is 10.6 Å². The van der Waals surface area contributed by atoms with Crippen LogP contribution in [0.4, 0.5) is 0 Å². The largest absolute Gasteiger partial charge is 0.337 e. The topological polar surface area (TPSA) is 46.3 Å². The Morgan fingerprint density at radius 3 is 2.33 bits per heavy atom. The molecule has 0 spiro atoms. The third-order valence-corrected chi connectivity index (χ3v) is 4.18. The molecule has 1 aromatic carbocycles. The highest BCUT2D eigenvalue weighted by molar-refractivity contribution is 5.85. The molecular formula is C17H27ClN2O. The molecule has 0 aliphatic heterocycles. The fourth-order valence-electron chi connectivity index (χ4n) is 3.21. The molecule has 1 aliphatic rings. The van der Waals surface area contributed by atoms with E-state index in [0.29, 0.717) is 12.5 Å². The van der Waals surface area contributed by atoms with Crippen LogP contribution in [0, 0.1) is 0 Å². The second-order valence-corrected chi connectivity index (χ2v) is 6.05. The van der Waals surface area contributed by atoms with Crippen molar-refractivity contribution in [2.45, 2.75) is 64.1 Å². The van der Waals surface area contributed by atoms with Crippen LogP contribution in [-0.4, -0.2) is 22.9 Å². The minimum atomic E-state index is -0.202. The van der Waals surface area contributed by atoms with E-state index in [-0.39, 0.29) is 30.4 Å². The smallest absolute Gasteiger partial charge is 0.224 e. The van der Waals surface area contributed by atoms with E-state index in [0.717, 1.165) is 18.4 Å². The van der Waals surface area contributed by atoms with Crippen molar-refractivity contribution in [1.29, 1.82) is 0 Å². The van der Waals surface area contributed by atoms with Gasteiger partial charge in [0, 0.05) is 24.5 Å². The molecule has 2 rings (SSSR count). The van der Waals surface area contributed by atoms with Crippen LogP contribution in [0.3, 0.4) is 0 Å². The van der Waals surface area contributed by atoms with E-state index in [2.05, 4.69) is 18.7 Å². The van der Waals surface area contributed by atoms with Crippen molar-refractivity contribution in [3.63, 3.8) is 0 Å². The zero-order valence-corrected chi connectivity index (χ0v) is 13.8. The van der Waals surface area contributed by atoms with Gasteiger partial charge in [0.2, 0.25) is 5.91 Å². The number of nitrogens with zero attached hydrogens (tertiary/aromatic N) is 1. The average molecular weight is 311 g/mol. The Bertz CT molecular complexity index is 430. The number of hydrogen-bond acceptors (Lipinski definition) is 2. The van der Waals surface area contributed by atoms with Crippen molar-refractivity contribution >= 4 is 18.3 Å². The highest BCUT2D eigenvalue weighted by atomic mass is 35.5. The molecular weight excluding hydrogens is 284 g/mol. The first-order valence-electron chi connectivity index (χ1n) is 7.71.